The monoisotopic (exact) mass is 237 g/mol. The lowest BCUT2D eigenvalue weighted by Gasteiger charge is -2.23. The van der Waals surface area contributed by atoms with Crippen molar-refractivity contribution in [3.63, 3.8) is 0 Å². The Morgan fingerprint density at radius 3 is 2.88 bits per heavy atom. The van der Waals surface area contributed by atoms with Crippen LogP contribution in [0.2, 0.25) is 0 Å². The summed E-state index contributed by atoms with van der Waals surface area (Å²) in [6, 6.07) is 5.77. The zero-order valence-electron chi connectivity index (χ0n) is 10.1. The quantitative estimate of drug-likeness (QED) is 0.836. The molecule has 4 heteroatoms. The lowest BCUT2D eigenvalue weighted by Crippen LogP contribution is -2.34. The van der Waals surface area contributed by atoms with Gasteiger partial charge in [-0.2, -0.15) is 0 Å². The predicted molar refractivity (Wildman–Crippen MR) is 65.3 cm³/mol. The highest BCUT2D eigenvalue weighted by Gasteiger charge is 2.13. The SMILES string of the molecule is COc1ccc(O)c(CNC2CCOCC2)c1. The molecule has 0 aromatic heterocycles. The van der Waals surface area contributed by atoms with Gasteiger partial charge in [0.2, 0.25) is 0 Å². The fourth-order valence-corrected chi connectivity index (χ4v) is 1.99. The topological polar surface area (TPSA) is 50.7 Å². The first-order chi connectivity index (χ1) is 8.29. The first kappa shape index (κ1) is 12.2. The summed E-state index contributed by atoms with van der Waals surface area (Å²) in [7, 11) is 1.63. The molecule has 1 saturated heterocycles. The Morgan fingerprint density at radius 2 is 2.18 bits per heavy atom. The Hall–Kier alpha value is -1.26. The van der Waals surface area contributed by atoms with E-state index in [-0.39, 0.29) is 0 Å². The number of aromatic hydroxyl groups is 1. The lowest BCUT2D eigenvalue weighted by molar-refractivity contribution is 0.0775. The van der Waals surface area contributed by atoms with Crippen LogP contribution in [-0.4, -0.2) is 31.5 Å². The second kappa shape index (κ2) is 5.89. The molecular weight excluding hydrogens is 218 g/mol. The molecule has 0 amide bonds. The van der Waals surface area contributed by atoms with E-state index in [1.165, 1.54) is 0 Å². The van der Waals surface area contributed by atoms with Gasteiger partial charge in [0.15, 0.2) is 0 Å². The normalized spacial score (nSPS) is 17.0. The molecule has 0 saturated carbocycles. The standard InChI is InChI=1S/C13H19NO3/c1-16-12-2-3-13(15)10(8-12)9-14-11-4-6-17-7-5-11/h2-3,8,11,14-15H,4-7,9H2,1H3. The average molecular weight is 237 g/mol. The van der Waals surface area contributed by atoms with Crippen LogP contribution in [0.3, 0.4) is 0 Å². The minimum absolute atomic E-state index is 0.311. The third-order valence-electron chi connectivity index (χ3n) is 3.09. The number of hydrogen-bond donors (Lipinski definition) is 2. The summed E-state index contributed by atoms with van der Waals surface area (Å²) in [5.41, 5.74) is 0.871. The third kappa shape index (κ3) is 3.35. The third-order valence-corrected chi connectivity index (χ3v) is 3.09. The number of ether oxygens (including phenoxy) is 2. The Kier molecular flexibility index (Phi) is 4.23. The zero-order valence-corrected chi connectivity index (χ0v) is 10.1. The maximum Gasteiger partial charge on any atom is 0.120 e. The van der Waals surface area contributed by atoms with Crippen LogP contribution >= 0.6 is 0 Å². The number of phenolic OH excluding ortho intramolecular Hbond substituents is 1. The van der Waals surface area contributed by atoms with Gasteiger partial charge in [-0.15, -0.1) is 0 Å². The molecule has 2 rings (SSSR count). The molecular formula is C13H19NO3. The van der Waals surface area contributed by atoms with Gasteiger partial charge in [0.25, 0.3) is 0 Å². The number of rotatable bonds is 4. The number of nitrogens with one attached hydrogen (secondary N) is 1. The van der Waals surface area contributed by atoms with Crippen LogP contribution in [0.4, 0.5) is 0 Å². The van der Waals surface area contributed by atoms with Gasteiger partial charge in [-0.25, -0.2) is 0 Å². The maximum absolute atomic E-state index is 9.74. The van der Waals surface area contributed by atoms with E-state index in [0.717, 1.165) is 37.4 Å². The summed E-state index contributed by atoms with van der Waals surface area (Å²) in [6.45, 7) is 2.30. The molecule has 1 aliphatic heterocycles. The van der Waals surface area contributed by atoms with Crippen molar-refractivity contribution in [1.29, 1.82) is 0 Å². The van der Waals surface area contributed by atoms with Crippen molar-refractivity contribution in [1.82, 2.24) is 5.32 Å². The van der Waals surface area contributed by atoms with Crippen LogP contribution in [0.1, 0.15) is 18.4 Å². The highest BCUT2D eigenvalue weighted by molar-refractivity contribution is 5.39. The van der Waals surface area contributed by atoms with E-state index in [1.54, 1.807) is 19.2 Å². The molecule has 0 bridgehead atoms. The highest BCUT2D eigenvalue weighted by atomic mass is 16.5. The number of methoxy groups -OCH3 is 1. The Bertz CT molecular complexity index is 362. The van der Waals surface area contributed by atoms with Crippen LogP contribution < -0.4 is 10.1 Å². The van der Waals surface area contributed by atoms with E-state index >= 15 is 0 Å². The van der Waals surface area contributed by atoms with E-state index in [4.69, 9.17) is 9.47 Å². The summed E-state index contributed by atoms with van der Waals surface area (Å²) >= 11 is 0. The summed E-state index contributed by atoms with van der Waals surface area (Å²) in [5, 5.41) is 13.2. The molecule has 0 aliphatic carbocycles. The second-order valence-electron chi connectivity index (χ2n) is 4.26. The summed E-state index contributed by atoms with van der Waals surface area (Å²) in [5.74, 6) is 1.08. The van der Waals surface area contributed by atoms with Crippen molar-refractivity contribution in [3.05, 3.63) is 23.8 Å². The molecule has 0 radical (unpaired) electrons. The van der Waals surface area contributed by atoms with Gasteiger partial charge in [0.05, 0.1) is 7.11 Å². The van der Waals surface area contributed by atoms with E-state index < -0.39 is 0 Å². The fraction of sp³-hybridized carbons (Fsp3) is 0.538. The van der Waals surface area contributed by atoms with Gasteiger partial charge < -0.3 is 19.9 Å². The Morgan fingerprint density at radius 1 is 1.41 bits per heavy atom. The summed E-state index contributed by atoms with van der Waals surface area (Å²) in [4.78, 5) is 0. The Balaban J connectivity index is 1.92. The van der Waals surface area contributed by atoms with Gasteiger partial charge in [-0.05, 0) is 31.0 Å². The van der Waals surface area contributed by atoms with Gasteiger partial charge in [-0.3, -0.25) is 0 Å². The van der Waals surface area contributed by atoms with Gasteiger partial charge in [0.1, 0.15) is 11.5 Å². The molecule has 4 nitrogen and oxygen atoms in total. The maximum atomic E-state index is 9.74. The molecule has 1 aromatic carbocycles. The number of phenols is 1. The van der Waals surface area contributed by atoms with Gasteiger partial charge >= 0.3 is 0 Å². The molecule has 1 aromatic rings. The van der Waals surface area contributed by atoms with E-state index in [0.29, 0.717) is 18.3 Å². The van der Waals surface area contributed by atoms with Crippen molar-refractivity contribution in [2.45, 2.75) is 25.4 Å². The molecule has 17 heavy (non-hydrogen) atoms. The van der Waals surface area contributed by atoms with Crippen molar-refractivity contribution in [2.75, 3.05) is 20.3 Å². The average Bonchev–Trinajstić information content (AvgIpc) is 2.39. The van der Waals surface area contributed by atoms with E-state index in [9.17, 15) is 5.11 Å². The van der Waals surface area contributed by atoms with Crippen LogP contribution in [0.25, 0.3) is 0 Å². The molecule has 0 atom stereocenters. The minimum Gasteiger partial charge on any atom is -0.508 e. The first-order valence-electron chi connectivity index (χ1n) is 5.96. The second-order valence-corrected chi connectivity index (χ2v) is 4.26. The molecule has 2 N–H and O–H groups in total. The van der Waals surface area contributed by atoms with Crippen LogP contribution in [-0.2, 0) is 11.3 Å². The summed E-state index contributed by atoms with van der Waals surface area (Å²) in [6.07, 6.45) is 2.06. The minimum atomic E-state index is 0.311. The molecule has 1 aliphatic rings. The van der Waals surface area contributed by atoms with Crippen LogP contribution in [0.15, 0.2) is 18.2 Å². The van der Waals surface area contributed by atoms with Gasteiger partial charge in [0, 0.05) is 31.4 Å². The number of benzene rings is 1. The highest BCUT2D eigenvalue weighted by Crippen LogP contribution is 2.23. The molecule has 1 heterocycles. The van der Waals surface area contributed by atoms with Crippen molar-refractivity contribution >= 4 is 0 Å². The largest absolute Gasteiger partial charge is 0.508 e. The number of hydrogen-bond acceptors (Lipinski definition) is 4. The zero-order chi connectivity index (χ0) is 12.1. The summed E-state index contributed by atoms with van der Waals surface area (Å²) < 4.78 is 10.4. The van der Waals surface area contributed by atoms with Crippen LogP contribution in [0.5, 0.6) is 11.5 Å². The lowest BCUT2D eigenvalue weighted by atomic mass is 10.1. The van der Waals surface area contributed by atoms with E-state index in [1.807, 2.05) is 6.07 Å². The van der Waals surface area contributed by atoms with Gasteiger partial charge in [-0.1, -0.05) is 0 Å². The molecule has 0 unspecified atom stereocenters. The fourth-order valence-electron chi connectivity index (χ4n) is 1.99. The van der Waals surface area contributed by atoms with Crippen molar-refractivity contribution in [2.24, 2.45) is 0 Å². The predicted octanol–water partition coefficient (Wildman–Crippen LogP) is 1.67. The smallest absolute Gasteiger partial charge is 0.120 e. The van der Waals surface area contributed by atoms with Crippen LogP contribution in [0, 0.1) is 0 Å². The van der Waals surface area contributed by atoms with Crippen molar-refractivity contribution < 1.29 is 14.6 Å². The molecule has 94 valence electrons. The first-order valence-corrected chi connectivity index (χ1v) is 5.96. The Labute approximate surface area is 102 Å². The van der Waals surface area contributed by atoms with Crippen molar-refractivity contribution in [3.8, 4) is 11.5 Å². The molecule has 1 fully saturated rings. The van der Waals surface area contributed by atoms with E-state index in [2.05, 4.69) is 5.32 Å². The molecule has 0 spiro atoms.